The molecule has 5 rings (SSSR count). The van der Waals surface area contributed by atoms with E-state index in [1.807, 2.05) is 17.0 Å². The predicted octanol–water partition coefficient (Wildman–Crippen LogP) is 4.93. The molecule has 0 aromatic carbocycles. The number of hydrogen-bond donors (Lipinski definition) is 2. The number of pyridine rings is 2. The average Bonchev–Trinajstić information content (AvgIpc) is 3.41. The number of alkyl halides is 1. The zero-order valence-corrected chi connectivity index (χ0v) is 21.6. The molecule has 37 heavy (non-hydrogen) atoms. The number of carbonyl (C=O) groups is 1. The highest BCUT2D eigenvalue weighted by atomic mass is 19.1. The number of rotatable bonds is 10. The first-order valence-electron chi connectivity index (χ1n) is 14.0. The summed E-state index contributed by atoms with van der Waals surface area (Å²) in [4.78, 5) is 23.7. The van der Waals surface area contributed by atoms with Gasteiger partial charge in [0.15, 0.2) is 0 Å². The molecule has 0 radical (unpaired) electrons. The summed E-state index contributed by atoms with van der Waals surface area (Å²) in [5.41, 5.74) is 3.97. The van der Waals surface area contributed by atoms with Gasteiger partial charge in [0.25, 0.3) is 0 Å². The molecule has 0 spiro atoms. The van der Waals surface area contributed by atoms with Crippen molar-refractivity contribution in [2.24, 2.45) is 5.92 Å². The maximum absolute atomic E-state index is 15.2. The Labute approximate surface area is 218 Å². The second-order valence-corrected chi connectivity index (χ2v) is 10.8. The molecule has 2 N–H and O–H groups in total. The van der Waals surface area contributed by atoms with E-state index in [0.717, 1.165) is 74.3 Å². The van der Waals surface area contributed by atoms with E-state index in [4.69, 9.17) is 9.72 Å². The minimum atomic E-state index is -0.915. The molecule has 2 saturated heterocycles. The number of nitrogens with zero attached hydrogens (tertiary/aromatic N) is 3. The Morgan fingerprint density at radius 1 is 1.22 bits per heavy atom. The van der Waals surface area contributed by atoms with Crippen molar-refractivity contribution in [1.29, 1.82) is 0 Å². The lowest BCUT2D eigenvalue weighted by atomic mass is 9.89. The van der Waals surface area contributed by atoms with Crippen molar-refractivity contribution in [3.8, 4) is 0 Å². The van der Waals surface area contributed by atoms with Crippen molar-refractivity contribution < 1.29 is 19.0 Å². The van der Waals surface area contributed by atoms with Crippen LogP contribution in [0.25, 0.3) is 0 Å². The molecule has 200 valence electrons. The minimum absolute atomic E-state index is 0.129. The number of anilines is 1. The first kappa shape index (κ1) is 26.0. The summed E-state index contributed by atoms with van der Waals surface area (Å²) in [5, 5.41) is 13.6. The van der Waals surface area contributed by atoms with Crippen molar-refractivity contribution in [2.75, 3.05) is 38.2 Å². The largest absolute Gasteiger partial charge is 0.480 e. The molecular weight excluding hydrogens is 471 g/mol. The maximum atomic E-state index is 15.2. The van der Waals surface area contributed by atoms with E-state index >= 15 is 4.39 Å². The van der Waals surface area contributed by atoms with Crippen LogP contribution in [-0.2, 0) is 22.4 Å². The Morgan fingerprint density at radius 2 is 2.08 bits per heavy atom. The minimum Gasteiger partial charge on any atom is -0.480 e. The number of nitrogens with one attached hydrogen (secondary N) is 1. The van der Waals surface area contributed by atoms with Gasteiger partial charge >= 0.3 is 5.97 Å². The number of aromatic nitrogens is 2. The number of aliphatic carboxylic acids is 1. The van der Waals surface area contributed by atoms with Crippen LogP contribution in [0.2, 0.25) is 0 Å². The van der Waals surface area contributed by atoms with Gasteiger partial charge in [-0.1, -0.05) is 18.6 Å². The van der Waals surface area contributed by atoms with Gasteiger partial charge in [-0.3, -0.25) is 14.7 Å². The van der Waals surface area contributed by atoms with Crippen LogP contribution in [0.4, 0.5) is 10.2 Å². The molecule has 0 bridgehead atoms. The standard InChI is InChI=1S/C29H39FN4O3/c30-25(8-2-1-6-23-10-9-21-5-3-15-32-28(21)33-23)22-11-16-34(19-22)27(29(35)36)24-7-4-14-31-26(24)20-12-17-37-18-13-20/h4,7,9-10,14,20,22,25,27H,1-3,5-6,8,11-13,15-19H2,(H,32,33)(H,35,36)/t22-,25?,27?/m1/s1. The van der Waals surface area contributed by atoms with E-state index in [1.165, 1.54) is 5.56 Å². The number of fused-ring (bicyclic) bond motifs is 1. The van der Waals surface area contributed by atoms with Crippen LogP contribution < -0.4 is 5.32 Å². The molecule has 3 aliphatic rings. The van der Waals surface area contributed by atoms with Gasteiger partial charge in [0.2, 0.25) is 0 Å². The molecule has 8 heteroatoms. The van der Waals surface area contributed by atoms with E-state index < -0.39 is 18.2 Å². The van der Waals surface area contributed by atoms with Crippen LogP contribution >= 0.6 is 0 Å². The summed E-state index contributed by atoms with van der Waals surface area (Å²) in [6.07, 6.45) is 8.54. The van der Waals surface area contributed by atoms with Gasteiger partial charge in [-0.15, -0.1) is 0 Å². The normalized spacial score (nSPS) is 22.2. The molecule has 3 atom stereocenters. The molecule has 2 aromatic heterocycles. The quantitative estimate of drug-likeness (QED) is 0.438. The molecular formula is C29H39FN4O3. The fourth-order valence-corrected chi connectivity index (χ4v) is 6.19. The SMILES string of the molecule is O=C(O)C(c1cccnc1C1CCOCC1)N1CC[C@@H](C(F)CCCCc2ccc3c(n2)NCCC3)C1. The summed E-state index contributed by atoms with van der Waals surface area (Å²) in [6.45, 7) is 3.39. The van der Waals surface area contributed by atoms with Crippen LogP contribution in [0, 0.1) is 5.92 Å². The Morgan fingerprint density at radius 3 is 2.92 bits per heavy atom. The highest BCUT2D eigenvalue weighted by molar-refractivity contribution is 5.76. The van der Waals surface area contributed by atoms with Gasteiger partial charge in [-0.2, -0.15) is 0 Å². The molecule has 3 aliphatic heterocycles. The number of likely N-dealkylation sites (tertiary alicyclic amines) is 1. The number of carboxylic acids is 1. The Kier molecular flexibility index (Phi) is 8.66. The first-order chi connectivity index (χ1) is 18.1. The van der Waals surface area contributed by atoms with Crippen LogP contribution in [0.1, 0.15) is 79.4 Å². The van der Waals surface area contributed by atoms with Crippen LogP contribution in [-0.4, -0.2) is 65.0 Å². The number of hydrogen-bond acceptors (Lipinski definition) is 6. The van der Waals surface area contributed by atoms with Gasteiger partial charge in [0.05, 0.1) is 0 Å². The van der Waals surface area contributed by atoms with Crippen molar-refractivity contribution in [1.82, 2.24) is 14.9 Å². The van der Waals surface area contributed by atoms with E-state index in [2.05, 4.69) is 22.4 Å². The molecule has 2 aromatic rings. The van der Waals surface area contributed by atoms with Crippen LogP contribution in [0.5, 0.6) is 0 Å². The van der Waals surface area contributed by atoms with E-state index in [9.17, 15) is 9.90 Å². The average molecular weight is 511 g/mol. The lowest BCUT2D eigenvalue weighted by molar-refractivity contribution is -0.143. The third-order valence-electron chi connectivity index (χ3n) is 8.26. The highest BCUT2D eigenvalue weighted by Gasteiger charge is 2.38. The lowest BCUT2D eigenvalue weighted by Gasteiger charge is -2.29. The summed E-state index contributed by atoms with van der Waals surface area (Å²) in [7, 11) is 0. The molecule has 2 unspecified atom stereocenters. The van der Waals surface area contributed by atoms with Crippen molar-refractivity contribution in [3.63, 3.8) is 0 Å². The molecule has 5 heterocycles. The third kappa shape index (κ3) is 6.29. The van der Waals surface area contributed by atoms with Crippen molar-refractivity contribution in [2.45, 2.75) is 75.9 Å². The number of ether oxygens (including phenoxy) is 1. The molecule has 0 aliphatic carbocycles. The topological polar surface area (TPSA) is 87.6 Å². The number of unbranched alkanes of at least 4 members (excludes halogenated alkanes) is 1. The number of carboxylic acid groups (broad SMARTS) is 1. The smallest absolute Gasteiger partial charge is 0.325 e. The Hall–Kier alpha value is -2.58. The van der Waals surface area contributed by atoms with Crippen LogP contribution in [0.3, 0.4) is 0 Å². The highest BCUT2D eigenvalue weighted by Crippen LogP contribution is 2.36. The van der Waals surface area contributed by atoms with Gasteiger partial charge in [-0.25, -0.2) is 9.37 Å². The number of halogens is 1. The number of aryl methyl sites for hydroxylation is 2. The predicted molar refractivity (Wildman–Crippen MR) is 141 cm³/mol. The fraction of sp³-hybridized carbons (Fsp3) is 0.621. The van der Waals surface area contributed by atoms with Gasteiger partial charge in [0.1, 0.15) is 18.0 Å². The molecule has 0 amide bonds. The summed E-state index contributed by atoms with van der Waals surface area (Å²) in [6, 6.07) is 7.19. The van der Waals surface area contributed by atoms with Gasteiger partial charge in [-0.05, 0) is 75.6 Å². The van der Waals surface area contributed by atoms with Crippen molar-refractivity contribution in [3.05, 3.63) is 53.0 Å². The van der Waals surface area contributed by atoms with E-state index in [-0.39, 0.29) is 11.8 Å². The summed E-state index contributed by atoms with van der Waals surface area (Å²) >= 11 is 0. The van der Waals surface area contributed by atoms with Crippen molar-refractivity contribution >= 4 is 11.8 Å². The first-order valence-corrected chi connectivity index (χ1v) is 14.0. The van der Waals surface area contributed by atoms with Gasteiger partial charge < -0.3 is 15.2 Å². The van der Waals surface area contributed by atoms with Crippen LogP contribution in [0.15, 0.2) is 30.5 Å². The zero-order valence-electron chi connectivity index (χ0n) is 21.6. The van der Waals surface area contributed by atoms with Gasteiger partial charge in [0, 0.05) is 61.3 Å². The molecule has 7 nitrogen and oxygen atoms in total. The second-order valence-electron chi connectivity index (χ2n) is 10.8. The fourth-order valence-electron chi connectivity index (χ4n) is 6.19. The second kappa shape index (κ2) is 12.3. The van der Waals surface area contributed by atoms with E-state index in [0.29, 0.717) is 39.1 Å². The Bertz CT molecular complexity index is 1060. The molecule has 2 fully saturated rings. The Balaban J connectivity index is 1.14. The summed E-state index contributed by atoms with van der Waals surface area (Å²) in [5.74, 6) is 0.208. The monoisotopic (exact) mass is 510 g/mol. The maximum Gasteiger partial charge on any atom is 0.325 e. The lowest BCUT2D eigenvalue weighted by Crippen LogP contribution is -2.34. The zero-order chi connectivity index (χ0) is 25.6. The third-order valence-corrected chi connectivity index (χ3v) is 8.26. The van der Waals surface area contributed by atoms with E-state index in [1.54, 1.807) is 6.20 Å². The summed E-state index contributed by atoms with van der Waals surface area (Å²) < 4.78 is 20.7. The molecule has 0 saturated carbocycles.